The van der Waals surface area contributed by atoms with Gasteiger partial charge in [0.1, 0.15) is 5.82 Å². The zero-order chi connectivity index (χ0) is 20.5. The van der Waals surface area contributed by atoms with Gasteiger partial charge in [-0.25, -0.2) is 4.98 Å². The average molecular weight is 410 g/mol. The molecule has 2 aromatic carbocycles. The van der Waals surface area contributed by atoms with E-state index in [-0.39, 0.29) is 5.91 Å². The van der Waals surface area contributed by atoms with Gasteiger partial charge in [-0.1, -0.05) is 24.6 Å². The third-order valence-electron chi connectivity index (χ3n) is 5.79. The highest BCUT2D eigenvalue weighted by atomic mass is 35.5. The van der Waals surface area contributed by atoms with Crippen molar-refractivity contribution in [2.24, 2.45) is 5.92 Å². The van der Waals surface area contributed by atoms with E-state index in [1.807, 2.05) is 41.3 Å². The van der Waals surface area contributed by atoms with Crippen molar-refractivity contribution < 1.29 is 4.79 Å². The Bertz CT molecular complexity index is 1050. The second kappa shape index (κ2) is 8.19. The molecule has 1 heterocycles. The van der Waals surface area contributed by atoms with Gasteiger partial charge in [0.25, 0.3) is 5.91 Å². The van der Waals surface area contributed by atoms with Crippen LogP contribution >= 0.6 is 11.6 Å². The van der Waals surface area contributed by atoms with Crippen LogP contribution in [0.3, 0.4) is 0 Å². The predicted molar refractivity (Wildman–Crippen MR) is 118 cm³/mol. The van der Waals surface area contributed by atoms with Gasteiger partial charge < -0.3 is 9.47 Å². The molecular weight excluding hydrogens is 382 g/mol. The summed E-state index contributed by atoms with van der Waals surface area (Å²) in [6.07, 6.45) is 3.44. The molecule has 3 aromatic rings. The van der Waals surface area contributed by atoms with Crippen LogP contribution in [0.5, 0.6) is 0 Å². The SMILES string of the molecule is CCCN(Cc1nc2ccc(Cl)cc2n1CC1CC1)C(=O)c1ccc(C)c(C)c1. The van der Waals surface area contributed by atoms with Crippen molar-refractivity contribution in [3.63, 3.8) is 0 Å². The first kappa shape index (κ1) is 20.0. The van der Waals surface area contributed by atoms with Crippen molar-refractivity contribution in [1.29, 1.82) is 0 Å². The van der Waals surface area contributed by atoms with Gasteiger partial charge in [0, 0.05) is 23.7 Å². The van der Waals surface area contributed by atoms with Gasteiger partial charge in [-0.2, -0.15) is 0 Å². The van der Waals surface area contributed by atoms with E-state index < -0.39 is 0 Å². The second-order valence-electron chi connectivity index (χ2n) is 8.24. The minimum atomic E-state index is 0.0676. The zero-order valence-corrected chi connectivity index (χ0v) is 18.2. The quantitative estimate of drug-likeness (QED) is 0.496. The molecular formula is C24H28ClN3O. The Labute approximate surface area is 177 Å². The summed E-state index contributed by atoms with van der Waals surface area (Å²) in [7, 11) is 0. The molecule has 1 saturated carbocycles. The molecule has 0 radical (unpaired) electrons. The van der Waals surface area contributed by atoms with Crippen LogP contribution in [-0.2, 0) is 13.1 Å². The van der Waals surface area contributed by atoms with E-state index >= 15 is 0 Å². The number of rotatable bonds is 7. The van der Waals surface area contributed by atoms with E-state index in [9.17, 15) is 4.79 Å². The fourth-order valence-electron chi connectivity index (χ4n) is 3.78. The summed E-state index contributed by atoms with van der Waals surface area (Å²) in [6, 6.07) is 11.8. The molecule has 29 heavy (non-hydrogen) atoms. The number of amides is 1. The lowest BCUT2D eigenvalue weighted by Crippen LogP contribution is -2.32. The highest BCUT2D eigenvalue weighted by Crippen LogP contribution is 2.33. The monoisotopic (exact) mass is 409 g/mol. The third kappa shape index (κ3) is 4.32. The number of aryl methyl sites for hydroxylation is 2. The van der Waals surface area contributed by atoms with E-state index in [0.29, 0.717) is 19.0 Å². The number of hydrogen-bond acceptors (Lipinski definition) is 2. The van der Waals surface area contributed by atoms with Crippen molar-refractivity contribution in [3.8, 4) is 0 Å². The summed E-state index contributed by atoms with van der Waals surface area (Å²) >= 11 is 6.26. The highest BCUT2D eigenvalue weighted by Gasteiger charge is 2.26. The first-order valence-corrected chi connectivity index (χ1v) is 10.8. The molecule has 1 amide bonds. The van der Waals surface area contributed by atoms with Crippen LogP contribution in [-0.4, -0.2) is 26.9 Å². The smallest absolute Gasteiger partial charge is 0.254 e. The molecule has 0 aliphatic heterocycles. The maximum absolute atomic E-state index is 13.3. The van der Waals surface area contributed by atoms with Crippen molar-refractivity contribution in [3.05, 3.63) is 63.9 Å². The molecule has 5 heteroatoms. The van der Waals surface area contributed by atoms with E-state index in [2.05, 4.69) is 25.3 Å². The van der Waals surface area contributed by atoms with Crippen molar-refractivity contribution in [2.75, 3.05) is 6.54 Å². The number of carbonyl (C=O) groups is 1. The Morgan fingerprint density at radius 2 is 1.97 bits per heavy atom. The first-order valence-electron chi connectivity index (χ1n) is 10.5. The van der Waals surface area contributed by atoms with E-state index in [4.69, 9.17) is 16.6 Å². The van der Waals surface area contributed by atoms with Crippen LogP contribution in [0.2, 0.25) is 5.02 Å². The van der Waals surface area contributed by atoms with Gasteiger partial charge >= 0.3 is 0 Å². The normalized spacial score (nSPS) is 13.8. The van der Waals surface area contributed by atoms with Gasteiger partial charge in [-0.15, -0.1) is 0 Å². The Hall–Kier alpha value is -2.33. The van der Waals surface area contributed by atoms with Crippen LogP contribution in [0.1, 0.15) is 53.5 Å². The summed E-state index contributed by atoms with van der Waals surface area (Å²) in [5, 5.41) is 0.720. The zero-order valence-electron chi connectivity index (χ0n) is 17.4. The van der Waals surface area contributed by atoms with E-state index in [1.54, 1.807) is 0 Å². The summed E-state index contributed by atoms with van der Waals surface area (Å²) < 4.78 is 2.27. The lowest BCUT2D eigenvalue weighted by atomic mass is 10.1. The largest absolute Gasteiger partial charge is 0.331 e. The predicted octanol–water partition coefficient (Wildman–Crippen LogP) is 5.77. The van der Waals surface area contributed by atoms with Crippen LogP contribution in [0.15, 0.2) is 36.4 Å². The minimum absolute atomic E-state index is 0.0676. The molecule has 0 spiro atoms. The number of benzene rings is 2. The van der Waals surface area contributed by atoms with Crippen molar-refractivity contribution >= 4 is 28.5 Å². The van der Waals surface area contributed by atoms with Crippen LogP contribution in [0.25, 0.3) is 11.0 Å². The molecule has 1 aromatic heterocycles. The third-order valence-corrected chi connectivity index (χ3v) is 6.03. The second-order valence-corrected chi connectivity index (χ2v) is 8.68. The molecule has 0 bridgehead atoms. The van der Waals surface area contributed by atoms with Crippen LogP contribution in [0.4, 0.5) is 0 Å². The molecule has 0 N–H and O–H groups in total. The fourth-order valence-corrected chi connectivity index (χ4v) is 3.95. The van der Waals surface area contributed by atoms with Crippen LogP contribution < -0.4 is 0 Å². The van der Waals surface area contributed by atoms with Gasteiger partial charge in [-0.3, -0.25) is 4.79 Å². The molecule has 0 atom stereocenters. The molecule has 4 rings (SSSR count). The number of nitrogens with zero attached hydrogens (tertiary/aromatic N) is 3. The summed E-state index contributed by atoms with van der Waals surface area (Å²) in [6.45, 7) is 8.39. The number of fused-ring (bicyclic) bond motifs is 1. The summed E-state index contributed by atoms with van der Waals surface area (Å²) in [4.78, 5) is 20.1. The molecule has 152 valence electrons. The molecule has 4 nitrogen and oxygen atoms in total. The minimum Gasteiger partial charge on any atom is -0.331 e. The first-order chi connectivity index (χ1) is 14.0. The number of aromatic nitrogens is 2. The number of imidazole rings is 1. The average Bonchev–Trinajstić information content (AvgIpc) is 3.46. The summed E-state index contributed by atoms with van der Waals surface area (Å²) in [5.41, 5.74) is 5.10. The Morgan fingerprint density at radius 1 is 1.17 bits per heavy atom. The standard InChI is InChI=1S/C24H28ClN3O/c1-4-11-27(24(29)19-8-5-16(2)17(3)12-19)15-23-26-21-10-9-20(25)13-22(21)28(23)14-18-6-7-18/h5,8-10,12-13,18H,4,6-7,11,14-15H2,1-3H3. The molecule has 1 aliphatic carbocycles. The lowest BCUT2D eigenvalue weighted by molar-refractivity contribution is 0.0737. The van der Waals surface area contributed by atoms with Gasteiger partial charge in [-0.05, 0) is 80.5 Å². The van der Waals surface area contributed by atoms with E-state index in [1.165, 1.54) is 18.4 Å². The van der Waals surface area contributed by atoms with E-state index in [0.717, 1.165) is 46.0 Å². The molecule has 1 fully saturated rings. The van der Waals surface area contributed by atoms with Gasteiger partial charge in [0.05, 0.1) is 17.6 Å². The van der Waals surface area contributed by atoms with Crippen molar-refractivity contribution in [1.82, 2.24) is 14.5 Å². The topological polar surface area (TPSA) is 38.1 Å². The summed E-state index contributed by atoms with van der Waals surface area (Å²) in [5.74, 6) is 1.72. The molecule has 1 aliphatic rings. The van der Waals surface area contributed by atoms with Gasteiger partial charge in [0.2, 0.25) is 0 Å². The molecule has 0 unspecified atom stereocenters. The maximum atomic E-state index is 13.3. The number of carbonyl (C=O) groups excluding carboxylic acids is 1. The number of hydrogen-bond donors (Lipinski definition) is 0. The highest BCUT2D eigenvalue weighted by molar-refractivity contribution is 6.31. The lowest BCUT2D eigenvalue weighted by Gasteiger charge is -2.23. The van der Waals surface area contributed by atoms with Crippen molar-refractivity contribution in [2.45, 2.75) is 53.1 Å². The fraction of sp³-hybridized carbons (Fsp3) is 0.417. The van der Waals surface area contributed by atoms with Crippen LogP contribution in [0, 0.1) is 19.8 Å². The van der Waals surface area contributed by atoms with Gasteiger partial charge in [0.15, 0.2) is 0 Å². The Kier molecular flexibility index (Phi) is 5.64. The Balaban J connectivity index is 1.67. The Morgan fingerprint density at radius 3 is 2.66 bits per heavy atom. The number of halogens is 1. The molecule has 0 saturated heterocycles. The maximum Gasteiger partial charge on any atom is 0.254 e.